The molecule has 0 aromatic heterocycles. The highest BCUT2D eigenvalue weighted by Gasteiger charge is 2.46. The van der Waals surface area contributed by atoms with Crippen molar-refractivity contribution in [3.8, 4) is 0 Å². The van der Waals surface area contributed by atoms with E-state index >= 15 is 0 Å². The van der Waals surface area contributed by atoms with Gasteiger partial charge in [-0.3, -0.25) is 4.79 Å². The maximum absolute atomic E-state index is 13.1. The van der Waals surface area contributed by atoms with Crippen LogP contribution >= 0.6 is 0 Å². The van der Waals surface area contributed by atoms with Gasteiger partial charge in [-0.15, -0.1) is 0 Å². The van der Waals surface area contributed by atoms with Gasteiger partial charge in [-0.25, -0.2) is 0 Å². The second kappa shape index (κ2) is 7.93. The van der Waals surface area contributed by atoms with Gasteiger partial charge in [0.05, 0.1) is 0 Å². The first-order chi connectivity index (χ1) is 11.0. The van der Waals surface area contributed by atoms with Crippen LogP contribution in [0.5, 0.6) is 0 Å². The van der Waals surface area contributed by atoms with E-state index in [1.54, 1.807) is 11.9 Å². The van der Waals surface area contributed by atoms with Crippen LogP contribution in [-0.2, 0) is 10.4 Å². The predicted octanol–water partition coefficient (Wildman–Crippen LogP) is 2.47. The number of hydrogen-bond acceptors (Lipinski definition) is 3. The summed E-state index contributed by atoms with van der Waals surface area (Å²) in [4.78, 5) is 16.9. The van der Waals surface area contributed by atoms with Gasteiger partial charge >= 0.3 is 0 Å². The van der Waals surface area contributed by atoms with E-state index in [4.69, 9.17) is 0 Å². The van der Waals surface area contributed by atoms with Crippen LogP contribution in [-0.4, -0.2) is 55.0 Å². The maximum atomic E-state index is 13.1. The molecule has 0 aliphatic heterocycles. The zero-order valence-corrected chi connectivity index (χ0v) is 14.7. The van der Waals surface area contributed by atoms with E-state index in [0.717, 1.165) is 37.8 Å². The van der Waals surface area contributed by atoms with Crippen LogP contribution < -0.4 is 0 Å². The number of rotatable bonds is 6. The fraction of sp³-hybridized carbons (Fsp3) is 0.632. The fourth-order valence-electron chi connectivity index (χ4n) is 3.49. The Balaban J connectivity index is 2.27. The maximum Gasteiger partial charge on any atom is 0.259 e. The highest BCUT2D eigenvalue weighted by Crippen LogP contribution is 2.40. The largest absolute Gasteiger partial charge is 0.375 e. The fourth-order valence-corrected chi connectivity index (χ4v) is 3.49. The highest BCUT2D eigenvalue weighted by atomic mass is 16.3. The first kappa shape index (κ1) is 18.0. The minimum absolute atomic E-state index is 0.00737. The molecule has 1 aliphatic carbocycles. The summed E-state index contributed by atoms with van der Waals surface area (Å²) < 4.78 is 0. The standard InChI is InChI=1S/C19H30N2O2/c1-20(2)14-15-21(3)18(22)19(23,16-10-6-4-7-11-16)17-12-8-5-9-13-17/h4,6-7,10-11,17,23H,5,8-9,12-15H2,1-3H3. The van der Waals surface area contributed by atoms with Crippen molar-refractivity contribution in [2.45, 2.75) is 37.7 Å². The molecule has 1 unspecified atom stereocenters. The lowest BCUT2D eigenvalue weighted by molar-refractivity contribution is -0.160. The van der Waals surface area contributed by atoms with Gasteiger partial charge in [0.2, 0.25) is 0 Å². The van der Waals surface area contributed by atoms with E-state index < -0.39 is 5.60 Å². The third-order valence-electron chi connectivity index (χ3n) is 4.97. The molecule has 128 valence electrons. The van der Waals surface area contributed by atoms with Crippen LogP contribution in [0.15, 0.2) is 30.3 Å². The lowest BCUT2D eigenvalue weighted by Crippen LogP contribution is -2.51. The second-order valence-electron chi connectivity index (χ2n) is 7.00. The predicted molar refractivity (Wildman–Crippen MR) is 93.1 cm³/mol. The lowest BCUT2D eigenvalue weighted by atomic mass is 9.72. The van der Waals surface area contributed by atoms with Gasteiger partial charge in [0.15, 0.2) is 5.60 Å². The van der Waals surface area contributed by atoms with Gasteiger partial charge in [0.1, 0.15) is 0 Å². The minimum Gasteiger partial charge on any atom is -0.375 e. The third-order valence-corrected chi connectivity index (χ3v) is 4.97. The molecule has 0 saturated heterocycles. The molecule has 1 saturated carbocycles. The van der Waals surface area contributed by atoms with Gasteiger partial charge in [-0.05, 0) is 32.5 Å². The Labute approximate surface area is 140 Å². The Bertz CT molecular complexity index is 497. The van der Waals surface area contributed by atoms with E-state index in [2.05, 4.69) is 0 Å². The Kier molecular flexibility index (Phi) is 6.19. The normalized spacial score (nSPS) is 18.7. The number of carbonyl (C=O) groups excluding carboxylic acids is 1. The molecule has 1 amide bonds. The summed E-state index contributed by atoms with van der Waals surface area (Å²) >= 11 is 0. The quantitative estimate of drug-likeness (QED) is 0.876. The Hall–Kier alpha value is -1.39. The average Bonchev–Trinajstić information content (AvgIpc) is 2.59. The summed E-state index contributed by atoms with van der Waals surface area (Å²) in [5, 5.41) is 11.5. The zero-order valence-electron chi connectivity index (χ0n) is 14.7. The van der Waals surface area contributed by atoms with Crippen molar-refractivity contribution in [2.75, 3.05) is 34.2 Å². The summed E-state index contributed by atoms with van der Waals surface area (Å²) in [6.07, 6.45) is 5.21. The van der Waals surface area contributed by atoms with Gasteiger partial charge in [-0.1, -0.05) is 49.6 Å². The topological polar surface area (TPSA) is 43.8 Å². The molecular formula is C19H30N2O2. The van der Waals surface area contributed by atoms with Crippen LogP contribution in [0.3, 0.4) is 0 Å². The van der Waals surface area contributed by atoms with Crippen molar-refractivity contribution in [1.82, 2.24) is 9.80 Å². The average molecular weight is 318 g/mol. The molecule has 1 fully saturated rings. The summed E-state index contributed by atoms with van der Waals surface area (Å²) in [5.74, 6) is -0.162. The molecule has 4 nitrogen and oxygen atoms in total. The molecule has 4 heteroatoms. The lowest BCUT2D eigenvalue weighted by Gasteiger charge is -2.40. The molecule has 1 aliphatic rings. The van der Waals surface area contributed by atoms with Crippen LogP contribution in [0.2, 0.25) is 0 Å². The Morgan fingerprint density at radius 1 is 1.09 bits per heavy atom. The molecular weight excluding hydrogens is 288 g/mol. The highest BCUT2D eigenvalue weighted by molar-refractivity contribution is 5.86. The van der Waals surface area contributed by atoms with E-state index in [-0.39, 0.29) is 11.8 Å². The van der Waals surface area contributed by atoms with Crippen LogP contribution in [0.1, 0.15) is 37.7 Å². The number of nitrogens with zero attached hydrogens (tertiary/aromatic N) is 2. The monoisotopic (exact) mass is 318 g/mol. The summed E-state index contributed by atoms with van der Waals surface area (Å²) in [7, 11) is 5.77. The van der Waals surface area contributed by atoms with Crippen molar-refractivity contribution in [3.63, 3.8) is 0 Å². The third kappa shape index (κ3) is 4.12. The van der Waals surface area contributed by atoms with Crippen molar-refractivity contribution in [1.29, 1.82) is 0 Å². The van der Waals surface area contributed by atoms with E-state index in [1.165, 1.54) is 6.42 Å². The molecule has 0 spiro atoms. The zero-order chi connectivity index (χ0) is 16.9. The number of aliphatic hydroxyl groups is 1. The number of benzene rings is 1. The van der Waals surface area contributed by atoms with Crippen molar-refractivity contribution < 1.29 is 9.90 Å². The summed E-state index contributed by atoms with van der Waals surface area (Å²) in [5.41, 5.74) is -0.670. The summed E-state index contributed by atoms with van der Waals surface area (Å²) in [6.45, 7) is 1.41. The van der Waals surface area contributed by atoms with Crippen molar-refractivity contribution in [2.24, 2.45) is 5.92 Å². The van der Waals surface area contributed by atoms with Crippen molar-refractivity contribution >= 4 is 5.91 Å². The molecule has 0 heterocycles. The molecule has 1 atom stereocenters. The second-order valence-corrected chi connectivity index (χ2v) is 7.00. The smallest absolute Gasteiger partial charge is 0.259 e. The van der Waals surface area contributed by atoms with E-state index in [0.29, 0.717) is 6.54 Å². The van der Waals surface area contributed by atoms with Crippen LogP contribution in [0.25, 0.3) is 0 Å². The number of amides is 1. The van der Waals surface area contributed by atoms with Gasteiger partial charge in [-0.2, -0.15) is 0 Å². The molecule has 0 bridgehead atoms. The van der Waals surface area contributed by atoms with Gasteiger partial charge in [0.25, 0.3) is 5.91 Å². The minimum atomic E-state index is -1.40. The number of hydrogen-bond donors (Lipinski definition) is 1. The van der Waals surface area contributed by atoms with E-state index in [9.17, 15) is 9.90 Å². The van der Waals surface area contributed by atoms with Crippen molar-refractivity contribution in [3.05, 3.63) is 35.9 Å². The summed E-state index contributed by atoms with van der Waals surface area (Å²) in [6, 6.07) is 9.48. The number of carbonyl (C=O) groups is 1. The molecule has 1 N–H and O–H groups in total. The van der Waals surface area contributed by atoms with Gasteiger partial charge in [0, 0.05) is 26.1 Å². The van der Waals surface area contributed by atoms with Crippen LogP contribution in [0.4, 0.5) is 0 Å². The van der Waals surface area contributed by atoms with E-state index in [1.807, 2.05) is 49.3 Å². The SMILES string of the molecule is CN(C)CCN(C)C(=O)C(O)(c1ccccc1)C1CCCCC1. The molecule has 23 heavy (non-hydrogen) atoms. The van der Waals surface area contributed by atoms with Crippen LogP contribution in [0, 0.1) is 5.92 Å². The Morgan fingerprint density at radius 2 is 1.70 bits per heavy atom. The molecule has 1 aromatic carbocycles. The number of likely N-dealkylation sites (N-methyl/N-ethyl adjacent to an activating group) is 2. The first-order valence-corrected chi connectivity index (χ1v) is 8.64. The molecule has 2 rings (SSSR count). The molecule has 1 aromatic rings. The van der Waals surface area contributed by atoms with Gasteiger partial charge < -0.3 is 14.9 Å². The molecule has 0 radical (unpaired) electrons. The first-order valence-electron chi connectivity index (χ1n) is 8.64. The Morgan fingerprint density at radius 3 is 2.26 bits per heavy atom.